The minimum Gasteiger partial charge on any atom is -0.496 e. The van der Waals surface area contributed by atoms with Gasteiger partial charge in [0.25, 0.3) is 5.91 Å². The van der Waals surface area contributed by atoms with Gasteiger partial charge in [-0.3, -0.25) is 9.20 Å². The number of ether oxygens (including phenoxy) is 1. The van der Waals surface area contributed by atoms with Crippen LogP contribution in [-0.4, -0.2) is 46.6 Å². The number of rotatable bonds is 4. The third-order valence-electron chi connectivity index (χ3n) is 5.82. The summed E-state index contributed by atoms with van der Waals surface area (Å²) in [4.78, 5) is 18.1. The van der Waals surface area contributed by atoms with E-state index in [-0.39, 0.29) is 17.9 Å². The van der Waals surface area contributed by atoms with Gasteiger partial charge in [0.05, 0.1) is 30.0 Å². The molecule has 1 aromatic carbocycles. The number of carbonyl (C=O) groups is 1. The van der Waals surface area contributed by atoms with Gasteiger partial charge in [-0.15, -0.1) is 6.42 Å². The number of amides is 1. The first kappa shape index (κ1) is 21.8. The van der Waals surface area contributed by atoms with Crippen LogP contribution in [-0.2, 0) is 11.8 Å². The van der Waals surface area contributed by atoms with Gasteiger partial charge in [-0.25, -0.2) is 4.98 Å². The molecular formula is C24H22F3N3O2. The summed E-state index contributed by atoms with van der Waals surface area (Å²) in [5.41, 5.74) is 3.60. The van der Waals surface area contributed by atoms with Gasteiger partial charge in [-0.1, -0.05) is 5.92 Å². The van der Waals surface area contributed by atoms with Crippen molar-refractivity contribution in [2.24, 2.45) is 0 Å². The van der Waals surface area contributed by atoms with Crippen molar-refractivity contribution in [2.75, 3.05) is 20.2 Å². The number of fused-ring (bicyclic) bond motifs is 2. The van der Waals surface area contributed by atoms with Crippen molar-refractivity contribution < 1.29 is 22.7 Å². The van der Waals surface area contributed by atoms with E-state index in [0.29, 0.717) is 17.6 Å². The highest BCUT2D eigenvalue weighted by atomic mass is 19.4. The molecule has 32 heavy (non-hydrogen) atoms. The number of pyridine rings is 1. The maximum absolute atomic E-state index is 12.8. The quantitative estimate of drug-likeness (QED) is 0.561. The van der Waals surface area contributed by atoms with Gasteiger partial charge >= 0.3 is 6.18 Å². The summed E-state index contributed by atoms with van der Waals surface area (Å²) in [5.74, 6) is 2.34. The highest BCUT2D eigenvalue weighted by Crippen LogP contribution is 2.35. The van der Waals surface area contributed by atoms with E-state index in [9.17, 15) is 18.0 Å². The standard InChI is InChI=1S/C24H22F3N3O2/c1-5-23(2,3)17-7-9-30-18(13-28-20(30)12-17)16-10-15-6-8-29(14-24(25,26)27)22(31)21(15)19(11-16)32-4/h1,7,9-13H,6,8,14H2,2-4H3. The predicted octanol–water partition coefficient (Wildman–Crippen LogP) is 4.48. The Balaban J connectivity index is 1.76. The Morgan fingerprint density at radius 2 is 2.00 bits per heavy atom. The molecule has 166 valence electrons. The average molecular weight is 441 g/mol. The normalized spacial score (nSPS) is 14.4. The van der Waals surface area contributed by atoms with Crippen molar-refractivity contribution >= 4 is 11.6 Å². The SMILES string of the molecule is C#CC(C)(C)c1ccn2c(-c3cc4c(c(OC)c3)C(=O)N(CC(F)(F)F)CC4)cnc2c1. The number of benzene rings is 1. The lowest BCUT2D eigenvalue weighted by Crippen LogP contribution is -2.43. The zero-order chi connectivity index (χ0) is 23.3. The van der Waals surface area contributed by atoms with Crippen molar-refractivity contribution in [3.63, 3.8) is 0 Å². The third-order valence-corrected chi connectivity index (χ3v) is 5.82. The summed E-state index contributed by atoms with van der Waals surface area (Å²) >= 11 is 0. The Morgan fingerprint density at radius 1 is 1.25 bits per heavy atom. The van der Waals surface area contributed by atoms with Crippen LogP contribution in [0.25, 0.3) is 16.9 Å². The number of hydrogen-bond acceptors (Lipinski definition) is 3. The van der Waals surface area contributed by atoms with Gasteiger partial charge < -0.3 is 9.64 Å². The van der Waals surface area contributed by atoms with Crippen LogP contribution in [0.1, 0.15) is 35.3 Å². The van der Waals surface area contributed by atoms with Crippen LogP contribution < -0.4 is 4.74 Å². The molecule has 1 aliphatic heterocycles. The molecule has 2 aromatic heterocycles. The summed E-state index contributed by atoms with van der Waals surface area (Å²) in [6.45, 7) is 2.63. The largest absolute Gasteiger partial charge is 0.496 e. The Bertz CT molecular complexity index is 1230. The first-order valence-electron chi connectivity index (χ1n) is 10.1. The highest BCUT2D eigenvalue weighted by Gasteiger charge is 2.37. The number of halogens is 3. The van der Waals surface area contributed by atoms with Crippen LogP contribution in [0.15, 0.2) is 36.7 Å². The van der Waals surface area contributed by atoms with Crippen molar-refractivity contribution in [2.45, 2.75) is 31.9 Å². The molecule has 0 saturated heterocycles. The summed E-state index contributed by atoms with van der Waals surface area (Å²) in [6, 6.07) is 7.35. The van der Waals surface area contributed by atoms with E-state index in [1.165, 1.54) is 7.11 Å². The monoisotopic (exact) mass is 441 g/mol. The van der Waals surface area contributed by atoms with E-state index in [0.717, 1.165) is 21.7 Å². The lowest BCUT2D eigenvalue weighted by Gasteiger charge is -2.30. The molecule has 1 amide bonds. The molecule has 0 atom stereocenters. The lowest BCUT2D eigenvalue weighted by molar-refractivity contribution is -0.141. The third kappa shape index (κ3) is 3.79. The lowest BCUT2D eigenvalue weighted by atomic mass is 9.86. The first-order valence-corrected chi connectivity index (χ1v) is 10.1. The van der Waals surface area contributed by atoms with Gasteiger partial charge in [0, 0.05) is 18.3 Å². The molecule has 0 N–H and O–H groups in total. The maximum Gasteiger partial charge on any atom is 0.406 e. The van der Waals surface area contributed by atoms with Crippen molar-refractivity contribution in [1.82, 2.24) is 14.3 Å². The second-order valence-electron chi connectivity index (χ2n) is 8.36. The first-order chi connectivity index (χ1) is 15.0. The maximum atomic E-state index is 12.8. The van der Waals surface area contributed by atoms with Crippen molar-refractivity contribution in [1.29, 1.82) is 0 Å². The zero-order valence-corrected chi connectivity index (χ0v) is 18.0. The topological polar surface area (TPSA) is 46.8 Å². The number of hydrogen-bond donors (Lipinski definition) is 0. The van der Waals surface area contributed by atoms with Crippen LogP contribution in [0.2, 0.25) is 0 Å². The predicted molar refractivity (Wildman–Crippen MR) is 115 cm³/mol. The van der Waals surface area contributed by atoms with E-state index in [4.69, 9.17) is 11.2 Å². The second kappa shape index (κ2) is 7.59. The van der Waals surface area contributed by atoms with Crippen LogP contribution in [0.5, 0.6) is 5.75 Å². The molecule has 0 aliphatic carbocycles. The molecule has 0 bridgehead atoms. The van der Waals surface area contributed by atoms with E-state index in [1.54, 1.807) is 12.3 Å². The molecule has 8 heteroatoms. The van der Waals surface area contributed by atoms with Crippen molar-refractivity contribution in [3.05, 3.63) is 53.3 Å². The fourth-order valence-electron chi connectivity index (χ4n) is 3.97. The summed E-state index contributed by atoms with van der Waals surface area (Å²) in [5, 5.41) is 0. The molecule has 3 aromatic rings. The molecule has 0 radical (unpaired) electrons. The van der Waals surface area contributed by atoms with E-state index >= 15 is 0 Å². The van der Waals surface area contributed by atoms with Crippen LogP contribution >= 0.6 is 0 Å². The Hall–Kier alpha value is -3.47. The van der Waals surface area contributed by atoms with Crippen LogP contribution in [0.3, 0.4) is 0 Å². The molecule has 0 spiro atoms. The minimum absolute atomic E-state index is 0.00433. The Kier molecular flexibility index (Phi) is 5.16. The highest BCUT2D eigenvalue weighted by molar-refractivity contribution is 6.00. The molecular weight excluding hydrogens is 419 g/mol. The number of carbonyl (C=O) groups excluding carboxylic acids is 1. The molecule has 0 fully saturated rings. The van der Waals surface area contributed by atoms with Gasteiger partial charge in [0.1, 0.15) is 17.9 Å². The van der Waals surface area contributed by atoms with Gasteiger partial charge in [0.2, 0.25) is 0 Å². The average Bonchev–Trinajstić information content (AvgIpc) is 3.17. The van der Waals surface area contributed by atoms with E-state index in [2.05, 4.69) is 10.9 Å². The van der Waals surface area contributed by atoms with E-state index in [1.807, 2.05) is 42.6 Å². The number of nitrogens with zero attached hydrogens (tertiary/aromatic N) is 3. The number of alkyl halides is 3. The van der Waals surface area contributed by atoms with Gasteiger partial charge in [-0.2, -0.15) is 13.2 Å². The Morgan fingerprint density at radius 3 is 2.66 bits per heavy atom. The smallest absolute Gasteiger partial charge is 0.406 e. The fourth-order valence-corrected chi connectivity index (χ4v) is 3.97. The number of imidazole rings is 1. The molecule has 1 aliphatic rings. The summed E-state index contributed by atoms with van der Waals surface area (Å²) in [7, 11) is 1.40. The minimum atomic E-state index is -4.45. The van der Waals surface area contributed by atoms with Crippen LogP contribution in [0, 0.1) is 12.3 Å². The van der Waals surface area contributed by atoms with Crippen molar-refractivity contribution in [3.8, 4) is 29.4 Å². The molecule has 5 nitrogen and oxygen atoms in total. The van der Waals surface area contributed by atoms with Gasteiger partial charge in [0.15, 0.2) is 0 Å². The van der Waals surface area contributed by atoms with Crippen LogP contribution in [0.4, 0.5) is 13.2 Å². The number of methoxy groups -OCH3 is 1. The van der Waals surface area contributed by atoms with E-state index < -0.39 is 24.0 Å². The number of terminal acetylenes is 1. The Labute approximate surface area is 183 Å². The zero-order valence-electron chi connectivity index (χ0n) is 18.0. The van der Waals surface area contributed by atoms with Gasteiger partial charge in [-0.05, 0) is 55.7 Å². The molecule has 0 saturated carbocycles. The number of aromatic nitrogens is 2. The summed E-state index contributed by atoms with van der Waals surface area (Å²) in [6.07, 6.45) is 5.09. The fraction of sp³-hybridized carbons (Fsp3) is 0.333. The molecule has 3 heterocycles. The summed E-state index contributed by atoms with van der Waals surface area (Å²) < 4.78 is 45.9. The molecule has 0 unspecified atom stereocenters. The second-order valence-corrected chi connectivity index (χ2v) is 8.36. The molecule has 4 rings (SSSR count).